The Morgan fingerprint density at radius 1 is 1.20 bits per heavy atom. The zero-order valence-corrected chi connectivity index (χ0v) is 10.8. The monoisotopic (exact) mass is 267 g/mol. The SMILES string of the molecule is O=Cc1c(OCCn2cncn2)ccc2ccccc12. The maximum Gasteiger partial charge on any atom is 0.154 e. The smallest absolute Gasteiger partial charge is 0.154 e. The lowest BCUT2D eigenvalue weighted by molar-refractivity contribution is 0.112. The zero-order chi connectivity index (χ0) is 13.8. The van der Waals surface area contributed by atoms with Crippen LogP contribution in [0.2, 0.25) is 0 Å². The molecule has 100 valence electrons. The van der Waals surface area contributed by atoms with Crippen molar-refractivity contribution in [1.82, 2.24) is 14.8 Å². The second kappa shape index (κ2) is 5.52. The summed E-state index contributed by atoms with van der Waals surface area (Å²) in [5, 5.41) is 5.93. The van der Waals surface area contributed by atoms with Crippen LogP contribution in [0.3, 0.4) is 0 Å². The summed E-state index contributed by atoms with van der Waals surface area (Å²) >= 11 is 0. The predicted molar refractivity (Wildman–Crippen MR) is 74.9 cm³/mol. The quantitative estimate of drug-likeness (QED) is 0.666. The Balaban J connectivity index is 1.82. The molecular formula is C15H13N3O2. The van der Waals surface area contributed by atoms with Gasteiger partial charge in [-0.15, -0.1) is 0 Å². The van der Waals surface area contributed by atoms with Crippen LogP contribution in [-0.2, 0) is 6.54 Å². The molecule has 0 bridgehead atoms. The molecule has 0 aliphatic heterocycles. The standard InChI is InChI=1S/C15H13N3O2/c19-9-14-13-4-2-1-3-12(13)5-6-15(14)20-8-7-18-11-16-10-17-18/h1-6,9-11H,7-8H2. The van der Waals surface area contributed by atoms with Crippen molar-refractivity contribution in [3.8, 4) is 5.75 Å². The molecule has 1 heterocycles. The minimum atomic E-state index is 0.433. The lowest BCUT2D eigenvalue weighted by atomic mass is 10.0. The number of ether oxygens (including phenoxy) is 1. The summed E-state index contributed by atoms with van der Waals surface area (Å²) in [7, 11) is 0. The summed E-state index contributed by atoms with van der Waals surface area (Å²) < 4.78 is 7.37. The molecule has 0 N–H and O–H groups in total. The van der Waals surface area contributed by atoms with Gasteiger partial charge in [0.1, 0.15) is 25.0 Å². The number of aromatic nitrogens is 3. The first kappa shape index (κ1) is 12.3. The van der Waals surface area contributed by atoms with Gasteiger partial charge in [0.15, 0.2) is 6.29 Å². The van der Waals surface area contributed by atoms with E-state index < -0.39 is 0 Å². The maximum atomic E-state index is 11.3. The highest BCUT2D eigenvalue weighted by Gasteiger charge is 2.07. The Hall–Kier alpha value is -2.69. The van der Waals surface area contributed by atoms with Crippen LogP contribution in [0.15, 0.2) is 49.1 Å². The second-order valence-corrected chi connectivity index (χ2v) is 4.32. The first-order valence-electron chi connectivity index (χ1n) is 6.30. The van der Waals surface area contributed by atoms with E-state index in [1.54, 1.807) is 11.0 Å². The number of hydrogen-bond acceptors (Lipinski definition) is 4. The van der Waals surface area contributed by atoms with Crippen LogP contribution in [-0.4, -0.2) is 27.7 Å². The van der Waals surface area contributed by atoms with Gasteiger partial charge in [-0.1, -0.05) is 30.3 Å². The molecule has 5 nitrogen and oxygen atoms in total. The van der Waals surface area contributed by atoms with Crippen LogP contribution in [0.25, 0.3) is 10.8 Å². The molecule has 0 aliphatic rings. The number of rotatable bonds is 5. The normalized spacial score (nSPS) is 10.6. The van der Waals surface area contributed by atoms with Gasteiger partial charge in [0.2, 0.25) is 0 Å². The number of aldehydes is 1. The third-order valence-corrected chi connectivity index (χ3v) is 3.09. The van der Waals surface area contributed by atoms with E-state index in [-0.39, 0.29) is 0 Å². The van der Waals surface area contributed by atoms with Crippen LogP contribution in [0.4, 0.5) is 0 Å². The third-order valence-electron chi connectivity index (χ3n) is 3.09. The van der Waals surface area contributed by atoms with Gasteiger partial charge in [0.05, 0.1) is 12.1 Å². The first-order chi connectivity index (χ1) is 9.88. The predicted octanol–water partition coefficient (Wildman–Crippen LogP) is 2.32. The van der Waals surface area contributed by atoms with E-state index in [4.69, 9.17) is 4.74 Å². The van der Waals surface area contributed by atoms with Crippen LogP contribution < -0.4 is 4.74 Å². The Morgan fingerprint density at radius 2 is 2.10 bits per heavy atom. The van der Waals surface area contributed by atoms with Crippen molar-refractivity contribution >= 4 is 17.1 Å². The first-order valence-corrected chi connectivity index (χ1v) is 6.30. The number of benzene rings is 2. The van der Waals surface area contributed by atoms with Crippen LogP contribution in [0.1, 0.15) is 10.4 Å². The number of carbonyl (C=O) groups excluding carboxylic acids is 1. The van der Waals surface area contributed by atoms with Crippen LogP contribution >= 0.6 is 0 Å². The Kier molecular flexibility index (Phi) is 3.41. The Morgan fingerprint density at radius 3 is 2.90 bits per heavy atom. The van der Waals surface area contributed by atoms with E-state index in [0.29, 0.717) is 24.5 Å². The van der Waals surface area contributed by atoms with E-state index in [9.17, 15) is 4.79 Å². The van der Waals surface area contributed by atoms with Gasteiger partial charge in [0.25, 0.3) is 0 Å². The Bertz CT molecular complexity index is 723. The molecular weight excluding hydrogens is 254 g/mol. The van der Waals surface area contributed by atoms with Crippen LogP contribution in [0, 0.1) is 0 Å². The van der Waals surface area contributed by atoms with Gasteiger partial charge in [-0.2, -0.15) is 5.10 Å². The summed E-state index contributed by atoms with van der Waals surface area (Å²) in [6, 6.07) is 11.5. The molecule has 20 heavy (non-hydrogen) atoms. The molecule has 0 aliphatic carbocycles. The van der Waals surface area contributed by atoms with Crippen molar-refractivity contribution in [2.75, 3.05) is 6.61 Å². The summed E-state index contributed by atoms with van der Waals surface area (Å²) in [5.74, 6) is 0.596. The van der Waals surface area contributed by atoms with E-state index in [2.05, 4.69) is 10.1 Å². The van der Waals surface area contributed by atoms with Crippen LogP contribution in [0.5, 0.6) is 5.75 Å². The molecule has 0 unspecified atom stereocenters. The highest BCUT2D eigenvalue weighted by molar-refractivity contribution is 6.00. The third kappa shape index (κ3) is 2.38. The summed E-state index contributed by atoms with van der Waals surface area (Å²) in [4.78, 5) is 15.2. The Labute approximate surface area is 115 Å². The molecule has 3 rings (SSSR count). The minimum absolute atomic E-state index is 0.433. The summed E-state index contributed by atoms with van der Waals surface area (Å²) in [6.07, 6.45) is 3.95. The molecule has 2 aromatic carbocycles. The fraction of sp³-hybridized carbons (Fsp3) is 0.133. The number of carbonyl (C=O) groups is 1. The summed E-state index contributed by atoms with van der Waals surface area (Å²) in [5.41, 5.74) is 0.585. The van der Waals surface area contributed by atoms with Crippen molar-refractivity contribution in [2.24, 2.45) is 0 Å². The molecule has 3 aromatic rings. The van der Waals surface area contributed by atoms with E-state index in [1.807, 2.05) is 36.4 Å². The molecule has 0 saturated heterocycles. The molecule has 0 amide bonds. The van der Waals surface area contributed by atoms with Gasteiger partial charge in [-0.25, -0.2) is 9.67 Å². The van der Waals surface area contributed by atoms with Gasteiger partial charge >= 0.3 is 0 Å². The van der Waals surface area contributed by atoms with Crippen molar-refractivity contribution in [2.45, 2.75) is 6.54 Å². The molecule has 0 atom stereocenters. The van der Waals surface area contributed by atoms with Crippen molar-refractivity contribution in [3.05, 3.63) is 54.6 Å². The van der Waals surface area contributed by atoms with E-state index >= 15 is 0 Å². The fourth-order valence-corrected chi connectivity index (χ4v) is 2.12. The molecule has 0 saturated carbocycles. The number of nitrogens with zero attached hydrogens (tertiary/aromatic N) is 3. The van der Waals surface area contributed by atoms with E-state index in [0.717, 1.165) is 17.1 Å². The highest BCUT2D eigenvalue weighted by atomic mass is 16.5. The highest BCUT2D eigenvalue weighted by Crippen LogP contribution is 2.26. The summed E-state index contributed by atoms with van der Waals surface area (Å²) in [6.45, 7) is 1.02. The molecule has 0 radical (unpaired) electrons. The molecule has 1 aromatic heterocycles. The largest absolute Gasteiger partial charge is 0.491 e. The molecule has 5 heteroatoms. The van der Waals surface area contributed by atoms with Gasteiger partial charge in [0, 0.05) is 0 Å². The number of fused-ring (bicyclic) bond motifs is 1. The van der Waals surface area contributed by atoms with E-state index in [1.165, 1.54) is 6.33 Å². The van der Waals surface area contributed by atoms with Gasteiger partial charge in [-0.3, -0.25) is 4.79 Å². The minimum Gasteiger partial charge on any atom is -0.491 e. The average molecular weight is 267 g/mol. The lowest BCUT2D eigenvalue weighted by Crippen LogP contribution is -2.09. The fourth-order valence-electron chi connectivity index (χ4n) is 2.12. The van der Waals surface area contributed by atoms with Gasteiger partial charge in [-0.05, 0) is 16.8 Å². The van der Waals surface area contributed by atoms with Crippen molar-refractivity contribution < 1.29 is 9.53 Å². The van der Waals surface area contributed by atoms with Gasteiger partial charge < -0.3 is 4.74 Å². The van der Waals surface area contributed by atoms with Crippen molar-refractivity contribution in [3.63, 3.8) is 0 Å². The van der Waals surface area contributed by atoms with Crippen molar-refractivity contribution in [1.29, 1.82) is 0 Å². The second-order valence-electron chi connectivity index (χ2n) is 4.32. The zero-order valence-electron chi connectivity index (χ0n) is 10.8. The topological polar surface area (TPSA) is 57.0 Å². The maximum absolute atomic E-state index is 11.3. The average Bonchev–Trinajstić information content (AvgIpc) is 3.00. The number of hydrogen-bond donors (Lipinski definition) is 0. The lowest BCUT2D eigenvalue weighted by Gasteiger charge is -2.10. The molecule has 0 fully saturated rings. The molecule has 0 spiro atoms.